The molecule has 1 atom stereocenters. The third-order valence-corrected chi connectivity index (χ3v) is 5.85. The van der Waals surface area contributed by atoms with Crippen LogP contribution in [0.4, 0.5) is 0 Å². The van der Waals surface area contributed by atoms with Crippen molar-refractivity contribution in [3.63, 3.8) is 0 Å². The van der Waals surface area contributed by atoms with E-state index in [0.29, 0.717) is 6.04 Å². The van der Waals surface area contributed by atoms with E-state index in [9.17, 15) is 0 Å². The van der Waals surface area contributed by atoms with Crippen LogP contribution in [0.5, 0.6) is 0 Å². The number of halogens is 1. The molecule has 29 heavy (non-hydrogen) atoms. The summed E-state index contributed by atoms with van der Waals surface area (Å²) < 4.78 is 6.09. The molecule has 0 aromatic heterocycles. The third-order valence-electron chi connectivity index (χ3n) is 5.60. The third kappa shape index (κ3) is 7.21. The van der Waals surface area contributed by atoms with Gasteiger partial charge in [0.15, 0.2) is 0 Å². The topological polar surface area (TPSA) is 12.5 Å². The van der Waals surface area contributed by atoms with E-state index in [4.69, 9.17) is 16.3 Å². The molecule has 158 valence electrons. The molecule has 1 heterocycles. The van der Waals surface area contributed by atoms with Crippen molar-refractivity contribution in [3.8, 4) is 0 Å². The first-order valence-corrected chi connectivity index (χ1v) is 10.9. The summed E-state index contributed by atoms with van der Waals surface area (Å²) in [5.41, 5.74) is 2.76. The Kier molecular flexibility index (Phi) is 8.79. The lowest BCUT2D eigenvalue weighted by atomic mass is 9.78. The van der Waals surface area contributed by atoms with Gasteiger partial charge < -0.3 is 4.74 Å². The van der Waals surface area contributed by atoms with Crippen LogP contribution in [0.2, 0.25) is 5.02 Å². The summed E-state index contributed by atoms with van der Waals surface area (Å²) in [7, 11) is 0. The molecule has 3 heteroatoms. The van der Waals surface area contributed by atoms with Crippen molar-refractivity contribution < 1.29 is 4.74 Å². The first-order valence-electron chi connectivity index (χ1n) is 10.5. The molecule has 1 unspecified atom stereocenters. The van der Waals surface area contributed by atoms with Gasteiger partial charge >= 0.3 is 0 Å². The molecule has 0 amide bonds. The molecule has 1 aromatic rings. The van der Waals surface area contributed by atoms with Crippen molar-refractivity contribution in [1.29, 1.82) is 0 Å². The number of ether oxygens (including phenoxy) is 1. The van der Waals surface area contributed by atoms with Crippen LogP contribution >= 0.6 is 11.6 Å². The number of hydrogen-bond acceptors (Lipinski definition) is 2. The van der Waals surface area contributed by atoms with Gasteiger partial charge in [-0.25, -0.2) is 0 Å². The van der Waals surface area contributed by atoms with Crippen LogP contribution in [0, 0.1) is 0 Å². The summed E-state index contributed by atoms with van der Waals surface area (Å²) in [5.74, 6) is 0.808. The summed E-state index contributed by atoms with van der Waals surface area (Å²) in [6, 6.07) is 8.71. The maximum atomic E-state index is 6.09. The zero-order chi connectivity index (χ0) is 21.4. The Morgan fingerprint density at radius 2 is 1.83 bits per heavy atom. The van der Waals surface area contributed by atoms with Crippen molar-refractivity contribution >= 4 is 11.6 Å². The highest BCUT2D eigenvalue weighted by atomic mass is 35.5. The average Bonchev–Trinajstić information content (AvgIpc) is 2.67. The van der Waals surface area contributed by atoms with E-state index in [1.54, 1.807) is 12.2 Å². The molecule has 1 fully saturated rings. The monoisotopic (exact) mass is 413 g/mol. The molecule has 1 aromatic carbocycles. The van der Waals surface area contributed by atoms with Crippen molar-refractivity contribution in [2.24, 2.45) is 0 Å². The van der Waals surface area contributed by atoms with E-state index in [2.05, 4.69) is 64.0 Å². The summed E-state index contributed by atoms with van der Waals surface area (Å²) in [6.45, 7) is 18.7. The van der Waals surface area contributed by atoms with Crippen LogP contribution in [0.1, 0.15) is 52.5 Å². The minimum Gasteiger partial charge on any atom is -0.490 e. The molecule has 0 spiro atoms. The molecule has 1 aliphatic heterocycles. The highest BCUT2D eigenvalue weighted by Crippen LogP contribution is 2.33. The first-order chi connectivity index (χ1) is 13.7. The molecular weight excluding hydrogens is 378 g/mol. The van der Waals surface area contributed by atoms with Crippen LogP contribution in [0.15, 0.2) is 73.1 Å². The average molecular weight is 414 g/mol. The standard InChI is InChI=1S/C26H36ClNO/c1-7-9-24(8-2)29-25-14-16-28(17-15-25)23(18-20(3)4)19-26(5,6)21-10-12-22(27)13-11-21/h7-13,18,23,25H,1-2,14-17,19H2,3-6H3/b24-9+. The van der Waals surface area contributed by atoms with Gasteiger partial charge in [-0.15, -0.1) is 0 Å². The Morgan fingerprint density at radius 3 is 2.34 bits per heavy atom. The minimum absolute atomic E-state index is 0.0667. The van der Waals surface area contributed by atoms with Crippen molar-refractivity contribution in [1.82, 2.24) is 4.90 Å². The Hall–Kier alpha value is -1.77. The predicted octanol–water partition coefficient (Wildman–Crippen LogP) is 7.08. The lowest BCUT2D eigenvalue weighted by Crippen LogP contribution is -2.44. The Labute approximate surface area is 182 Å². The Bertz CT molecular complexity index is 732. The number of allylic oxidation sites excluding steroid dienone is 4. The van der Waals surface area contributed by atoms with Crippen LogP contribution in [0.25, 0.3) is 0 Å². The number of nitrogens with zero attached hydrogens (tertiary/aromatic N) is 1. The van der Waals surface area contributed by atoms with Crippen molar-refractivity contribution in [2.45, 2.75) is 64.5 Å². The number of hydrogen-bond donors (Lipinski definition) is 0. The molecule has 1 saturated heterocycles. The Balaban J connectivity index is 2.07. The maximum absolute atomic E-state index is 6.09. The highest BCUT2D eigenvalue weighted by Gasteiger charge is 2.30. The number of likely N-dealkylation sites (tertiary alicyclic amines) is 1. The molecule has 0 aliphatic carbocycles. The van der Waals surface area contributed by atoms with Crippen molar-refractivity contribution in [3.05, 3.63) is 83.6 Å². The summed E-state index contributed by atoms with van der Waals surface area (Å²) in [4.78, 5) is 2.61. The second kappa shape index (κ2) is 10.8. The van der Waals surface area contributed by atoms with Gasteiger partial charge in [0.05, 0.1) is 0 Å². The van der Waals surface area contributed by atoms with Crippen LogP contribution in [-0.4, -0.2) is 30.1 Å². The zero-order valence-corrected chi connectivity index (χ0v) is 19.2. The SMILES string of the molecule is C=C/C=C(\C=C)OC1CCN(C(C=C(C)C)CC(C)(C)c2ccc(Cl)cc2)CC1. The number of rotatable bonds is 9. The second-order valence-electron chi connectivity index (χ2n) is 8.77. The van der Waals surface area contributed by atoms with Crippen LogP contribution < -0.4 is 0 Å². The minimum atomic E-state index is 0.0667. The van der Waals surface area contributed by atoms with Gasteiger partial charge in [0.1, 0.15) is 11.9 Å². The molecule has 0 saturated carbocycles. The van der Waals surface area contributed by atoms with E-state index >= 15 is 0 Å². The Morgan fingerprint density at radius 1 is 1.21 bits per heavy atom. The lowest BCUT2D eigenvalue weighted by Gasteiger charge is -2.40. The predicted molar refractivity (Wildman–Crippen MR) is 126 cm³/mol. The van der Waals surface area contributed by atoms with Crippen LogP contribution in [0.3, 0.4) is 0 Å². The van der Waals surface area contributed by atoms with Crippen LogP contribution in [-0.2, 0) is 10.2 Å². The number of piperidine rings is 1. The molecular formula is C26H36ClNO. The smallest absolute Gasteiger partial charge is 0.119 e. The van der Waals surface area contributed by atoms with Crippen molar-refractivity contribution in [2.75, 3.05) is 13.1 Å². The highest BCUT2D eigenvalue weighted by molar-refractivity contribution is 6.30. The molecule has 2 rings (SSSR count). The van der Waals surface area contributed by atoms with Gasteiger partial charge in [0.25, 0.3) is 0 Å². The van der Waals surface area contributed by atoms with E-state index in [1.807, 2.05) is 18.2 Å². The summed E-state index contributed by atoms with van der Waals surface area (Å²) >= 11 is 6.09. The van der Waals surface area contributed by atoms with Gasteiger partial charge in [-0.05, 0) is 68.4 Å². The maximum Gasteiger partial charge on any atom is 0.119 e. The number of benzene rings is 1. The van der Waals surface area contributed by atoms with Gasteiger partial charge in [0, 0.05) is 24.2 Å². The van der Waals surface area contributed by atoms with E-state index < -0.39 is 0 Å². The van der Waals surface area contributed by atoms with E-state index in [-0.39, 0.29) is 11.5 Å². The fourth-order valence-corrected chi connectivity index (χ4v) is 4.14. The van der Waals surface area contributed by atoms with Gasteiger partial charge in [-0.1, -0.05) is 68.5 Å². The molecule has 2 nitrogen and oxygen atoms in total. The molecule has 0 radical (unpaired) electrons. The largest absolute Gasteiger partial charge is 0.490 e. The molecule has 0 bridgehead atoms. The quantitative estimate of drug-likeness (QED) is 0.243. The molecule has 1 aliphatic rings. The first kappa shape index (κ1) is 23.5. The van der Waals surface area contributed by atoms with E-state index in [1.165, 1.54) is 11.1 Å². The van der Waals surface area contributed by atoms with Gasteiger partial charge in [-0.2, -0.15) is 0 Å². The fourth-order valence-electron chi connectivity index (χ4n) is 4.01. The van der Waals surface area contributed by atoms with Gasteiger partial charge in [-0.3, -0.25) is 4.90 Å². The summed E-state index contributed by atoms with van der Waals surface area (Å²) in [6.07, 6.45) is 11.2. The zero-order valence-electron chi connectivity index (χ0n) is 18.5. The second-order valence-corrected chi connectivity index (χ2v) is 9.20. The fraction of sp³-hybridized carbons (Fsp3) is 0.462. The molecule has 0 N–H and O–H groups in total. The summed E-state index contributed by atoms with van der Waals surface area (Å²) in [5, 5.41) is 0.789. The normalized spacial score (nSPS) is 17.5. The van der Waals surface area contributed by atoms with E-state index in [0.717, 1.165) is 43.1 Å². The lowest BCUT2D eigenvalue weighted by molar-refractivity contribution is 0.0427. The van der Waals surface area contributed by atoms with Gasteiger partial charge in [0.2, 0.25) is 0 Å².